The van der Waals surface area contributed by atoms with Crippen molar-refractivity contribution in [3.8, 4) is 0 Å². The molecule has 2 atom stereocenters. The SMILES string of the molecule is Cc1ccc(C(=O)CCC(=O)NNC(=O)C2CC(Br)CN2)cc1C. The third-order valence-electron chi connectivity index (χ3n) is 4.13. The molecule has 6 nitrogen and oxygen atoms in total. The van der Waals surface area contributed by atoms with Gasteiger partial charge in [-0.3, -0.25) is 25.2 Å². The Morgan fingerprint density at radius 2 is 1.92 bits per heavy atom. The number of ketones is 1. The van der Waals surface area contributed by atoms with Crippen molar-refractivity contribution in [1.29, 1.82) is 0 Å². The lowest BCUT2D eigenvalue weighted by Crippen LogP contribution is -2.49. The number of aryl methyl sites for hydroxylation is 2. The normalized spacial score (nSPS) is 19.8. The number of halogens is 1. The first-order valence-corrected chi connectivity index (χ1v) is 8.85. The fourth-order valence-electron chi connectivity index (χ4n) is 2.46. The van der Waals surface area contributed by atoms with Crippen molar-refractivity contribution in [2.75, 3.05) is 6.54 Å². The number of Topliss-reactive ketones (excluding diaryl/α,β-unsaturated/α-hetero) is 1. The minimum absolute atomic E-state index is 0.0329. The number of hydrogen-bond acceptors (Lipinski definition) is 4. The molecule has 24 heavy (non-hydrogen) atoms. The maximum Gasteiger partial charge on any atom is 0.255 e. The number of rotatable bonds is 5. The van der Waals surface area contributed by atoms with E-state index in [4.69, 9.17) is 0 Å². The summed E-state index contributed by atoms with van der Waals surface area (Å²) < 4.78 is 0. The van der Waals surface area contributed by atoms with Crippen LogP contribution in [0, 0.1) is 13.8 Å². The first-order chi connectivity index (χ1) is 11.4. The molecule has 0 bridgehead atoms. The van der Waals surface area contributed by atoms with Gasteiger partial charge in [0.05, 0.1) is 6.04 Å². The molecule has 1 fully saturated rings. The van der Waals surface area contributed by atoms with Crippen molar-refractivity contribution in [2.45, 2.75) is 44.0 Å². The zero-order chi connectivity index (χ0) is 17.7. The van der Waals surface area contributed by atoms with Crippen molar-refractivity contribution in [1.82, 2.24) is 16.2 Å². The molecule has 3 N–H and O–H groups in total. The third kappa shape index (κ3) is 5.14. The van der Waals surface area contributed by atoms with Gasteiger partial charge in [-0.1, -0.05) is 28.1 Å². The topological polar surface area (TPSA) is 87.3 Å². The number of amides is 2. The number of carbonyl (C=O) groups is 3. The summed E-state index contributed by atoms with van der Waals surface area (Å²) in [5, 5.41) is 3.05. The minimum atomic E-state index is -0.381. The standard InChI is InChI=1S/C17H22BrN3O3/c1-10-3-4-12(7-11(10)2)15(22)5-6-16(23)20-21-17(24)14-8-13(18)9-19-14/h3-4,7,13-14,19H,5-6,8-9H2,1-2H3,(H,20,23)(H,21,24). The van der Waals surface area contributed by atoms with Crippen molar-refractivity contribution >= 4 is 33.5 Å². The van der Waals surface area contributed by atoms with Crippen molar-refractivity contribution in [3.63, 3.8) is 0 Å². The quantitative estimate of drug-likeness (QED) is 0.400. The first kappa shape index (κ1) is 18.6. The van der Waals surface area contributed by atoms with Crippen molar-refractivity contribution < 1.29 is 14.4 Å². The molecule has 0 aromatic heterocycles. The highest BCUT2D eigenvalue weighted by molar-refractivity contribution is 9.09. The van der Waals surface area contributed by atoms with Crippen molar-refractivity contribution in [3.05, 3.63) is 34.9 Å². The van der Waals surface area contributed by atoms with Crippen LogP contribution in [0.5, 0.6) is 0 Å². The maximum absolute atomic E-state index is 12.1. The lowest BCUT2D eigenvalue weighted by atomic mass is 10.0. The summed E-state index contributed by atoms with van der Waals surface area (Å²) >= 11 is 3.43. The van der Waals surface area contributed by atoms with Gasteiger partial charge in [-0.05, 0) is 37.5 Å². The van der Waals surface area contributed by atoms with Crippen LogP contribution in [0.3, 0.4) is 0 Å². The maximum atomic E-state index is 12.1. The number of carbonyl (C=O) groups excluding carboxylic acids is 3. The van der Waals surface area contributed by atoms with Gasteiger partial charge in [-0.15, -0.1) is 0 Å². The summed E-state index contributed by atoms with van der Waals surface area (Å²) in [7, 11) is 0. The average Bonchev–Trinajstić information content (AvgIpc) is 2.99. The predicted octanol–water partition coefficient (Wildman–Crippen LogP) is 1.54. The van der Waals surface area contributed by atoms with Gasteiger partial charge >= 0.3 is 0 Å². The molecule has 0 saturated carbocycles. The van der Waals surface area contributed by atoms with E-state index in [-0.39, 0.29) is 41.3 Å². The van der Waals surface area contributed by atoms with Gasteiger partial charge < -0.3 is 5.32 Å². The van der Waals surface area contributed by atoms with Crippen LogP contribution in [-0.2, 0) is 9.59 Å². The highest BCUT2D eigenvalue weighted by Crippen LogP contribution is 2.14. The van der Waals surface area contributed by atoms with Gasteiger partial charge in [0.1, 0.15) is 0 Å². The van der Waals surface area contributed by atoms with E-state index in [0.29, 0.717) is 12.0 Å². The largest absolute Gasteiger partial charge is 0.305 e. The highest BCUT2D eigenvalue weighted by Gasteiger charge is 2.27. The van der Waals surface area contributed by atoms with E-state index in [1.165, 1.54) is 0 Å². The monoisotopic (exact) mass is 395 g/mol. The summed E-state index contributed by atoms with van der Waals surface area (Å²) in [5.41, 5.74) is 7.52. The molecule has 2 unspecified atom stereocenters. The molecule has 2 rings (SSSR count). The molecule has 1 aromatic carbocycles. The molecule has 0 radical (unpaired) electrons. The first-order valence-electron chi connectivity index (χ1n) is 7.93. The van der Waals surface area contributed by atoms with Gasteiger partial charge in [0.2, 0.25) is 5.91 Å². The molecule has 1 saturated heterocycles. The fourth-order valence-corrected chi connectivity index (χ4v) is 3.02. The summed E-state index contributed by atoms with van der Waals surface area (Å²) in [6.07, 6.45) is 0.813. The summed E-state index contributed by atoms with van der Waals surface area (Å²) in [4.78, 5) is 36.0. The van der Waals surface area contributed by atoms with Crippen LogP contribution >= 0.6 is 15.9 Å². The van der Waals surface area contributed by atoms with E-state index in [1.54, 1.807) is 6.07 Å². The smallest absolute Gasteiger partial charge is 0.255 e. The Balaban J connectivity index is 1.73. The van der Waals surface area contributed by atoms with Gasteiger partial charge in [-0.25, -0.2) is 0 Å². The second-order valence-electron chi connectivity index (χ2n) is 6.05. The van der Waals surface area contributed by atoms with Gasteiger partial charge in [0.15, 0.2) is 5.78 Å². The number of alkyl halides is 1. The Morgan fingerprint density at radius 3 is 2.54 bits per heavy atom. The Hall–Kier alpha value is -1.73. The number of benzene rings is 1. The van der Waals surface area contributed by atoms with Crippen LogP contribution in [0.4, 0.5) is 0 Å². The molecule has 7 heteroatoms. The summed E-state index contributed by atoms with van der Waals surface area (Å²) in [6.45, 7) is 4.65. The van der Waals surface area contributed by atoms with E-state index in [1.807, 2.05) is 26.0 Å². The molecule has 2 amide bonds. The van der Waals surface area contributed by atoms with E-state index < -0.39 is 0 Å². The molecule has 1 aliphatic rings. The van der Waals surface area contributed by atoms with Crippen LogP contribution in [0.2, 0.25) is 0 Å². The van der Waals surface area contributed by atoms with E-state index in [2.05, 4.69) is 32.1 Å². The van der Waals surface area contributed by atoms with Gasteiger partial charge in [-0.2, -0.15) is 0 Å². The third-order valence-corrected chi connectivity index (χ3v) is 4.82. The van der Waals surface area contributed by atoms with Crippen LogP contribution in [0.1, 0.15) is 40.7 Å². The zero-order valence-corrected chi connectivity index (χ0v) is 15.4. The predicted molar refractivity (Wildman–Crippen MR) is 94.9 cm³/mol. The summed E-state index contributed by atoms with van der Waals surface area (Å²) in [6, 6.07) is 5.19. The Morgan fingerprint density at radius 1 is 1.17 bits per heavy atom. The van der Waals surface area contributed by atoms with Crippen LogP contribution in [-0.4, -0.2) is 35.0 Å². The van der Waals surface area contributed by atoms with Gasteiger partial charge in [0.25, 0.3) is 5.91 Å². The van der Waals surface area contributed by atoms with Crippen LogP contribution in [0.25, 0.3) is 0 Å². The highest BCUT2D eigenvalue weighted by atomic mass is 79.9. The lowest BCUT2D eigenvalue weighted by molar-refractivity contribution is -0.129. The molecule has 0 spiro atoms. The molecule has 1 heterocycles. The second kappa shape index (κ2) is 8.39. The van der Waals surface area contributed by atoms with Crippen molar-refractivity contribution in [2.24, 2.45) is 0 Å². The van der Waals surface area contributed by atoms with Gasteiger partial charge in [0, 0.05) is 29.8 Å². The van der Waals surface area contributed by atoms with E-state index >= 15 is 0 Å². The van der Waals surface area contributed by atoms with Crippen LogP contribution < -0.4 is 16.2 Å². The molecule has 0 aliphatic carbocycles. The number of hydrogen-bond donors (Lipinski definition) is 3. The second-order valence-corrected chi connectivity index (χ2v) is 7.35. The molecule has 1 aliphatic heterocycles. The molecule has 1 aromatic rings. The molecule has 130 valence electrons. The number of hydrazine groups is 1. The Kier molecular flexibility index (Phi) is 6.51. The molecular formula is C17H22BrN3O3. The average molecular weight is 396 g/mol. The Labute approximate surface area is 149 Å². The Bertz CT molecular complexity index is 648. The van der Waals surface area contributed by atoms with E-state index in [0.717, 1.165) is 17.7 Å². The number of nitrogens with one attached hydrogen (secondary N) is 3. The van der Waals surface area contributed by atoms with Crippen LogP contribution in [0.15, 0.2) is 18.2 Å². The minimum Gasteiger partial charge on any atom is -0.305 e. The fraction of sp³-hybridized carbons (Fsp3) is 0.471. The molecular weight excluding hydrogens is 374 g/mol. The summed E-state index contributed by atoms with van der Waals surface area (Å²) in [5.74, 6) is -0.737. The van der Waals surface area contributed by atoms with E-state index in [9.17, 15) is 14.4 Å². The zero-order valence-electron chi connectivity index (χ0n) is 13.8. The lowest BCUT2D eigenvalue weighted by Gasteiger charge is -2.12.